The standard InChI is InChI=1S/C16H16BrN5OS/c1-10-6-8-21(9-7-10)15(23)13-18-19-16-22(13)20-14(24-16)11-4-2-3-5-12(11)17/h2-5,10H,6-9H2,1H3. The van der Waals surface area contributed by atoms with Crippen molar-refractivity contribution in [3.63, 3.8) is 0 Å². The van der Waals surface area contributed by atoms with Gasteiger partial charge >= 0.3 is 0 Å². The number of likely N-dealkylation sites (tertiary alicyclic amines) is 1. The zero-order valence-corrected chi connectivity index (χ0v) is 15.5. The molecule has 1 aliphatic rings. The summed E-state index contributed by atoms with van der Waals surface area (Å²) in [5.41, 5.74) is 0.984. The van der Waals surface area contributed by atoms with Crippen molar-refractivity contribution in [2.45, 2.75) is 19.8 Å². The summed E-state index contributed by atoms with van der Waals surface area (Å²) in [6.07, 6.45) is 2.07. The molecule has 124 valence electrons. The van der Waals surface area contributed by atoms with Crippen molar-refractivity contribution in [1.29, 1.82) is 0 Å². The number of hydrogen-bond acceptors (Lipinski definition) is 5. The number of benzene rings is 1. The van der Waals surface area contributed by atoms with Crippen LogP contribution in [0.4, 0.5) is 0 Å². The number of piperidine rings is 1. The number of rotatable bonds is 2. The van der Waals surface area contributed by atoms with E-state index in [0.29, 0.717) is 16.7 Å². The summed E-state index contributed by atoms with van der Waals surface area (Å²) in [5.74, 6) is 0.890. The summed E-state index contributed by atoms with van der Waals surface area (Å²) in [7, 11) is 0. The predicted molar refractivity (Wildman–Crippen MR) is 96.1 cm³/mol. The van der Waals surface area contributed by atoms with E-state index in [1.807, 2.05) is 29.2 Å². The molecule has 1 saturated heterocycles. The van der Waals surface area contributed by atoms with Crippen molar-refractivity contribution in [3.8, 4) is 10.6 Å². The SMILES string of the molecule is CC1CCN(C(=O)c2nnc3sc(-c4ccccc4Br)nn23)CC1. The van der Waals surface area contributed by atoms with Crippen LogP contribution in [0.5, 0.6) is 0 Å². The Kier molecular flexibility index (Phi) is 4.09. The highest BCUT2D eigenvalue weighted by Crippen LogP contribution is 2.31. The Hall–Kier alpha value is -1.80. The van der Waals surface area contributed by atoms with Crippen LogP contribution in [0, 0.1) is 5.92 Å². The van der Waals surface area contributed by atoms with Crippen molar-refractivity contribution in [1.82, 2.24) is 24.7 Å². The van der Waals surface area contributed by atoms with Crippen LogP contribution in [0.2, 0.25) is 0 Å². The van der Waals surface area contributed by atoms with Gasteiger partial charge in [-0.2, -0.15) is 9.61 Å². The predicted octanol–water partition coefficient (Wildman–Crippen LogP) is 3.49. The van der Waals surface area contributed by atoms with Crippen molar-refractivity contribution >= 4 is 38.1 Å². The van der Waals surface area contributed by atoms with Crippen LogP contribution in [0.3, 0.4) is 0 Å². The molecule has 1 fully saturated rings. The van der Waals surface area contributed by atoms with Crippen LogP contribution in [-0.2, 0) is 0 Å². The molecule has 6 nitrogen and oxygen atoms in total. The number of amides is 1. The molecule has 0 atom stereocenters. The Morgan fingerprint density at radius 2 is 2.00 bits per heavy atom. The van der Waals surface area contributed by atoms with Crippen LogP contribution >= 0.6 is 27.3 Å². The van der Waals surface area contributed by atoms with Crippen LogP contribution in [-0.4, -0.2) is 43.7 Å². The zero-order valence-electron chi connectivity index (χ0n) is 13.1. The van der Waals surface area contributed by atoms with E-state index in [0.717, 1.165) is 41.0 Å². The molecule has 8 heteroatoms. The lowest BCUT2D eigenvalue weighted by atomic mass is 9.99. The van der Waals surface area contributed by atoms with E-state index < -0.39 is 0 Å². The normalized spacial score (nSPS) is 16.0. The molecule has 0 saturated carbocycles. The van der Waals surface area contributed by atoms with Crippen molar-refractivity contribution < 1.29 is 4.79 Å². The minimum absolute atomic E-state index is 0.0848. The number of carbonyl (C=O) groups excluding carboxylic acids is 1. The molecule has 3 aromatic rings. The van der Waals surface area contributed by atoms with E-state index in [9.17, 15) is 4.79 Å². The summed E-state index contributed by atoms with van der Waals surface area (Å²) >= 11 is 4.97. The number of nitrogens with zero attached hydrogens (tertiary/aromatic N) is 5. The first-order valence-electron chi connectivity index (χ1n) is 7.90. The monoisotopic (exact) mass is 405 g/mol. The van der Waals surface area contributed by atoms with Gasteiger partial charge < -0.3 is 4.90 Å². The lowest BCUT2D eigenvalue weighted by Gasteiger charge is -2.29. The van der Waals surface area contributed by atoms with Gasteiger partial charge in [-0.25, -0.2) is 0 Å². The molecular formula is C16H16BrN5OS. The maximum absolute atomic E-state index is 12.8. The Morgan fingerprint density at radius 3 is 2.75 bits per heavy atom. The molecule has 24 heavy (non-hydrogen) atoms. The van der Waals surface area contributed by atoms with Crippen molar-refractivity contribution in [2.24, 2.45) is 5.92 Å². The van der Waals surface area contributed by atoms with Crippen molar-refractivity contribution in [2.75, 3.05) is 13.1 Å². The fourth-order valence-electron chi connectivity index (χ4n) is 2.85. The lowest BCUT2D eigenvalue weighted by molar-refractivity contribution is 0.0682. The average molecular weight is 406 g/mol. The first-order chi connectivity index (χ1) is 11.6. The van der Waals surface area contributed by atoms with Gasteiger partial charge in [0.2, 0.25) is 10.8 Å². The van der Waals surface area contributed by atoms with Gasteiger partial charge in [-0.15, -0.1) is 10.2 Å². The van der Waals surface area contributed by atoms with Gasteiger partial charge in [-0.3, -0.25) is 4.79 Å². The minimum atomic E-state index is -0.0848. The molecule has 1 aromatic carbocycles. The molecular weight excluding hydrogens is 390 g/mol. The largest absolute Gasteiger partial charge is 0.336 e. The van der Waals surface area contributed by atoms with Gasteiger partial charge in [-0.05, 0) is 24.8 Å². The van der Waals surface area contributed by atoms with Gasteiger partial charge in [0.05, 0.1) is 0 Å². The fourth-order valence-corrected chi connectivity index (χ4v) is 4.33. The summed E-state index contributed by atoms with van der Waals surface area (Å²) in [5, 5.41) is 13.6. The quantitative estimate of drug-likeness (QED) is 0.654. The molecule has 0 bridgehead atoms. The van der Waals surface area contributed by atoms with Gasteiger partial charge in [-0.1, -0.05) is 52.4 Å². The summed E-state index contributed by atoms with van der Waals surface area (Å²) < 4.78 is 2.53. The highest BCUT2D eigenvalue weighted by atomic mass is 79.9. The molecule has 1 amide bonds. The summed E-state index contributed by atoms with van der Waals surface area (Å²) in [4.78, 5) is 15.2. The minimum Gasteiger partial charge on any atom is -0.336 e. The summed E-state index contributed by atoms with van der Waals surface area (Å²) in [6.45, 7) is 3.77. The van der Waals surface area contributed by atoms with E-state index in [1.165, 1.54) is 11.3 Å². The number of carbonyl (C=O) groups is 1. The molecule has 4 rings (SSSR count). The summed E-state index contributed by atoms with van der Waals surface area (Å²) in [6, 6.07) is 7.88. The maximum atomic E-state index is 12.8. The van der Waals surface area contributed by atoms with Gasteiger partial charge in [0, 0.05) is 23.1 Å². The van der Waals surface area contributed by atoms with E-state index in [2.05, 4.69) is 38.1 Å². The molecule has 0 radical (unpaired) electrons. The Morgan fingerprint density at radius 1 is 1.25 bits per heavy atom. The highest BCUT2D eigenvalue weighted by molar-refractivity contribution is 9.10. The van der Waals surface area contributed by atoms with Gasteiger partial charge in [0.1, 0.15) is 5.01 Å². The molecule has 0 aliphatic carbocycles. The lowest BCUT2D eigenvalue weighted by Crippen LogP contribution is -2.38. The van der Waals surface area contributed by atoms with Crippen molar-refractivity contribution in [3.05, 3.63) is 34.6 Å². The first kappa shape index (κ1) is 15.7. The second-order valence-corrected chi connectivity index (χ2v) is 7.89. The first-order valence-corrected chi connectivity index (χ1v) is 9.51. The zero-order chi connectivity index (χ0) is 16.7. The molecule has 0 unspecified atom stereocenters. The Labute approximate surface area is 151 Å². The van der Waals surface area contributed by atoms with E-state index in [4.69, 9.17) is 0 Å². The number of fused-ring (bicyclic) bond motifs is 1. The molecule has 1 aliphatic heterocycles. The van der Waals surface area contributed by atoms with E-state index in [-0.39, 0.29) is 5.91 Å². The Bertz CT molecular complexity index is 897. The van der Waals surface area contributed by atoms with Gasteiger partial charge in [0.25, 0.3) is 5.91 Å². The van der Waals surface area contributed by atoms with Crippen LogP contribution in [0.1, 0.15) is 30.4 Å². The highest BCUT2D eigenvalue weighted by Gasteiger charge is 2.26. The number of halogens is 1. The third-order valence-corrected chi connectivity index (χ3v) is 5.98. The van der Waals surface area contributed by atoms with Gasteiger partial charge in [0.15, 0.2) is 0 Å². The second-order valence-electron chi connectivity index (χ2n) is 6.08. The Balaban J connectivity index is 1.68. The molecule has 0 N–H and O–H groups in total. The number of hydrogen-bond donors (Lipinski definition) is 0. The third-order valence-electron chi connectivity index (χ3n) is 4.36. The average Bonchev–Trinajstić information content (AvgIpc) is 3.16. The smallest absolute Gasteiger partial charge is 0.293 e. The molecule has 3 heterocycles. The second kappa shape index (κ2) is 6.25. The maximum Gasteiger partial charge on any atom is 0.293 e. The third kappa shape index (κ3) is 2.73. The fraction of sp³-hybridized carbons (Fsp3) is 0.375. The van der Waals surface area contributed by atoms with Crippen LogP contribution in [0.15, 0.2) is 28.7 Å². The molecule has 2 aromatic heterocycles. The number of aromatic nitrogens is 4. The van der Waals surface area contributed by atoms with Crippen LogP contribution in [0.25, 0.3) is 15.5 Å². The van der Waals surface area contributed by atoms with E-state index in [1.54, 1.807) is 4.52 Å². The molecule has 0 spiro atoms. The topological polar surface area (TPSA) is 63.4 Å². The van der Waals surface area contributed by atoms with E-state index >= 15 is 0 Å². The van der Waals surface area contributed by atoms with Crippen LogP contribution < -0.4 is 0 Å².